The minimum absolute atomic E-state index is 0.0604. The second-order valence-corrected chi connectivity index (χ2v) is 12.8. The van der Waals surface area contributed by atoms with Gasteiger partial charge in [0.15, 0.2) is 11.6 Å². The van der Waals surface area contributed by atoms with Crippen molar-refractivity contribution in [3.8, 4) is 0 Å². The maximum atomic E-state index is 14.1. The van der Waals surface area contributed by atoms with Crippen LogP contribution in [0.3, 0.4) is 0 Å². The maximum Gasteiger partial charge on any atom is 0.229 e. The zero-order chi connectivity index (χ0) is 27.2. The number of nitrogens with zero attached hydrogens (tertiary/aromatic N) is 1. The van der Waals surface area contributed by atoms with Crippen LogP contribution in [0.5, 0.6) is 0 Å². The number of sulfonamides is 1. The number of Topliss-reactive ketones (excluding diaryl/α,β-unsaturated/α-hetero) is 1. The lowest BCUT2D eigenvalue weighted by Crippen LogP contribution is -2.53. The summed E-state index contributed by atoms with van der Waals surface area (Å²) in [6.07, 6.45) is 1.96. The number of ketones is 1. The number of benzene rings is 2. The van der Waals surface area contributed by atoms with E-state index in [9.17, 15) is 27.4 Å². The molecule has 0 radical (unpaired) electrons. The summed E-state index contributed by atoms with van der Waals surface area (Å²) >= 11 is 0. The van der Waals surface area contributed by atoms with Crippen LogP contribution in [0.25, 0.3) is 5.76 Å². The molecule has 0 unspecified atom stereocenters. The fourth-order valence-corrected chi connectivity index (χ4v) is 6.25. The first-order chi connectivity index (χ1) is 17.3. The number of carbonyl (C=O) groups excluding carboxylic acids is 1. The van der Waals surface area contributed by atoms with Crippen molar-refractivity contribution in [3.05, 3.63) is 59.2 Å². The number of hydroxylamine groups is 1. The fraction of sp³-hybridized carbons (Fsp3) is 0.333. The van der Waals surface area contributed by atoms with Crippen molar-refractivity contribution < 1.29 is 32.3 Å². The average molecular weight is 551 g/mol. The molecule has 0 spiro atoms. The summed E-state index contributed by atoms with van der Waals surface area (Å²) in [5.41, 5.74) is 2.49. The number of aliphatic hydroxyl groups is 1. The van der Waals surface area contributed by atoms with Crippen molar-refractivity contribution in [3.63, 3.8) is 0 Å². The molecule has 0 bridgehead atoms. The highest BCUT2D eigenvalue weighted by Gasteiger charge is 2.50. The first-order valence-corrected chi connectivity index (χ1v) is 14.8. The summed E-state index contributed by atoms with van der Waals surface area (Å²) in [5, 5.41) is 14.2. The van der Waals surface area contributed by atoms with Crippen molar-refractivity contribution in [1.82, 2.24) is 5.48 Å². The number of carbonyl (C=O) groups is 1. The van der Waals surface area contributed by atoms with Crippen molar-refractivity contribution >= 4 is 49.6 Å². The first-order valence-electron chi connectivity index (χ1n) is 11.4. The Bertz CT molecular complexity index is 1420. The topological polar surface area (TPSA) is 170 Å². The Balaban J connectivity index is 1.86. The van der Waals surface area contributed by atoms with Gasteiger partial charge in [-0.25, -0.2) is 8.42 Å². The third-order valence-electron chi connectivity index (χ3n) is 6.15. The molecule has 37 heavy (non-hydrogen) atoms. The van der Waals surface area contributed by atoms with E-state index < -0.39 is 32.1 Å². The van der Waals surface area contributed by atoms with Crippen LogP contribution in [0.4, 0.5) is 11.4 Å². The second kappa shape index (κ2) is 9.74. The minimum Gasteiger partial charge on any atom is -0.506 e. The molecule has 0 saturated heterocycles. The fourth-order valence-electron chi connectivity index (χ4n) is 4.50. The summed E-state index contributed by atoms with van der Waals surface area (Å²) in [6, 6.07) is 11.0. The number of hydrogen-bond donors (Lipinski definition) is 6. The summed E-state index contributed by atoms with van der Waals surface area (Å²) in [7, 11) is -6.08. The van der Waals surface area contributed by atoms with Gasteiger partial charge in [0.05, 0.1) is 24.7 Å². The molecule has 13 heteroatoms. The van der Waals surface area contributed by atoms with Crippen LogP contribution in [0.2, 0.25) is 0 Å². The zero-order valence-electron chi connectivity index (χ0n) is 20.8. The molecule has 4 rings (SSSR count). The predicted molar refractivity (Wildman–Crippen MR) is 144 cm³/mol. The van der Waals surface area contributed by atoms with Crippen LogP contribution in [-0.2, 0) is 25.2 Å². The highest BCUT2D eigenvalue weighted by molar-refractivity contribution is 8.23. The zero-order valence-corrected chi connectivity index (χ0v) is 22.4. The molecule has 200 valence electrons. The molecule has 2 aromatic rings. The number of rotatable bonds is 8. The Morgan fingerprint density at radius 3 is 2.54 bits per heavy atom. The van der Waals surface area contributed by atoms with E-state index in [1.165, 1.54) is 25.3 Å². The molecule has 1 atom stereocenters. The van der Waals surface area contributed by atoms with Gasteiger partial charge in [0, 0.05) is 5.56 Å². The van der Waals surface area contributed by atoms with E-state index in [0.29, 0.717) is 24.0 Å². The Kier molecular flexibility index (Phi) is 7.14. The first kappa shape index (κ1) is 27.1. The van der Waals surface area contributed by atoms with E-state index in [1.807, 2.05) is 13.8 Å². The normalized spacial score (nSPS) is 21.6. The molecule has 2 aliphatic rings. The molecule has 1 heterocycles. The summed E-state index contributed by atoms with van der Waals surface area (Å²) in [6.45, 7) is 4.06. The molecule has 11 nitrogen and oxygen atoms in total. The van der Waals surface area contributed by atoms with E-state index in [1.54, 1.807) is 24.3 Å². The predicted octanol–water partition coefficient (Wildman–Crippen LogP) is 4.24. The van der Waals surface area contributed by atoms with Gasteiger partial charge in [0.1, 0.15) is 21.8 Å². The maximum absolute atomic E-state index is 14.1. The molecule has 2 aromatic carbocycles. The molecular weight excluding hydrogens is 520 g/mol. The molecule has 0 saturated carbocycles. The largest absolute Gasteiger partial charge is 0.506 e. The van der Waals surface area contributed by atoms with E-state index >= 15 is 0 Å². The molecule has 6 N–H and O–H groups in total. The Hall–Kier alpha value is -2.94. The van der Waals surface area contributed by atoms with Gasteiger partial charge in [-0.1, -0.05) is 48.9 Å². The summed E-state index contributed by atoms with van der Waals surface area (Å²) < 4.78 is 51.3. The van der Waals surface area contributed by atoms with Crippen molar-refractivity contribution in [2.24, 2.45) is 10.3 Å². The van der Waals surface area contributed by atoms with Crippen molar-refractivity contribution in [2.45, 2.75) is 37.1 Å². The average Bonchev–Trinajstić information content (AvgIpc) is 2.80. The van der Waals surface area contributed by atoms with Gasteiger partial charge in [-0.05, 0) is 42.5 Å². The number of anilines is 2. The van der Waals surface area contributed by atoms with Gasteiger partial charge in [-0.15, -0.1) is 4.40 Å². The van der Waals surface area contributed by atoms with E-state index in [-0.39, 0.29) is 39.4 Å². The van der Waals surface area contributed by atoms with E-state index in [4.69, 9.17) is 4.84 Å². The molecular formula is C24H30N4O7S2. The lowest BCUT2D eigenvalue weighted by atomic mass is 9.71. The van der Waals surface area contributed by atoms with E-state index in [0.717, 1.165) is 6.26 Å². The third-order valence-corrected chi connectivity index (χ3v) is 8.13. The second-order valence-electron chi connectivity index (χ2n) is 9.41. The van der Waals surface area contributed by atoms with Gasteiger partial charge in [0.25, 0.3) is 0 Å². The van der Waals surface area contributed by atoms with Crippen LogP contribution in [0, 0.1) is 5.92 Å². The smallest absolute Gasteiger partial charge is 0.229 e. The summed E-state index contributed by atoms with van der Waals surface area (Å²) in [4.78, 5) is 19.4. The lowest BCUT2D eigenvalue weighted by Gasteiger charge is -2.40. The minimum atomic E-state index is -3.88. The monoisotopic (exact) mass is 550 g/mol. The standard InChI is InChI=1S/C24H30N4O7S2/c1-14(2)11-12-24(28-35-3)17-8-6-5-7-16(17)21(29)20(22(24)30)23-25-18-10-9-15(26-36(4,31)32)13-19(18)37(33,34)27-23/h5-10,13-14,26,28-29,33-34H,11-12H2,1-4H3,(H,25,27)/t24-/m0/s1. The third kappa shape index (κ3) is 5.10. The molecule has 0 amide bonds. The van der Waals surface area contributed by atoms with Crippen LogP contribution in [-0.4, -0.2) is 47.6 Å². The van der Waals surface area contributed by atoms with Crippen molar-refractivity contribution in [1.29, 1.82) is 0 Å². The van der Waals surface area contributed by atoms with E-state index in [2.05, 4.69) is 19.9 Å². The van der Waals surface area contributed by atoms with Crippen molar-refractivity contribution in [2.75, 3.05) is 23.4 Å². The van der Waals surface area contributed by atoms with Crippen LogP contribution in [0.1, 0.15) is 37.8 Å². The van der Waals surface area contributed by atoms with Gasteiger partial charge in [-0.3, -0.25) is 18.6 Å². The molecule has 1 aliphatic carbocycles. The number of nitrogens with one attached hydrogen (secondary N) is 3. The highest BCUT2D eigenvalue weighted by atomic mass is 32.3. The highest BCUT2D eigenvalue weighted by Crippen LogP contribution is 2.57. The Morgan fingerprint density at radius 1 is 1.19 bits per heavy atom. The lowest BCUT2D eigenvalue weighted by molar-refractivity contribution is -0.129. The van der Waals surface area contributed by atoms with Crippen LogP contribution in [0.15, 0.2) is 57.3 Å². The van der Waals surface area contributed by atoms with Crippen LogP contribution >= 0.6 is 10.8 Å². The number of aliphatic hydroxyl groups excluding tert-OH is 1. The Labute approximate surface area is 217 Å². The van der Waals surface area contributed by atoms with Gasteiger partial charge >= 0.3 is 0 Å². The Morgan fingerprint density at radius 2 is 1.89 bits per heavy atom. The summed E-state index contributed by atoms with van der Waals surface area (Å²) in [5.74, 6) is -0.872. The molecule has 0 aromatic heterocycles. The number of amidine groups is 1. The van der Waals surface area contributed by atoms with Gasteiger partial charge in [0.2, 0.25) is 10.0 Å². The SMILES string of the molecule is CON[C@]1(CCC(C)C)C(=O)C(C2=NS(O)(O)c3cc(NS(C)(=O)=O)ccc3N2)=C(O)c2ccccc21. The van der Waals surface area contributed by atoms with Gasteiger partial charge < -0.3 is 15.3 Å². The quantitative estimate of drug-likeness (QED) is 0.263. The van der Waals surface area contributed by atoms with Gasteiger partial charge in [-0.2, -0.15) is 5.48 Å². The molecule has 1 aliphatic heterocycles. The number of hydrogen-bond acceptors (Lipinski definition) is 10. The molecule has 0 fully saturated rings. The van der Waals surface area contributed by atoms with Crippen LogP contribution < -0.4 is 15.5 Å². The number of fused-ring (bicyclic) bond motifs is 2.